The Hall–Kier alpha value is -3.24. The fraction of sp³-hybridized carbons (Fsp3) is 0.200. The highest BCUT2D eigenvalue weighted by atomic mass is 19.1. The standard InChI is InChI=1S/C20H17F2N3O2/c21-13-3-1-12(2-4-13)20-16(6-8-19(27)24-15(10-23)11-26)17-9-14(22)5-7-18(17)25-20/h1-5,7,9,15,25-26H,6,8,11H2,(H,24,27). The second-order valence-electron chi connectivity index (χ2n) is 6.11. The summed E-state index contributed by atoms with van der Waals surface area (Å²) in [5, 5.41) is 20.9. The minimum Gasteiger partial charge on any atom is -0.393 e. The first-order valence-corrected chi connectivity index (χ1v) is 8.37. The molecule has 0 aliphatic rings. The third kappa shape index (κ3) is 4.13. The van der Waals surface area contributed by atoms with Gasteiger partial charge in [-0.25, -0.2) is 8.78 Å². The molecule has 0 aliphatic carbocycles. The number of nitriles is 1. The number of hydrogen-bond donors (Lipinski definition) is 3. The van der Waals surface area contributed by atoms with Crippen molar-refractivity contribution in [2.24, 2.45) is 0 Å². The van der Waals surface area contributed by atoms with Crippen LogP contribution in [0.5, 0.6) is 0 Å². The van der Waals surface area contributed by atoms with Crippen molar-refractivity contribution in [2.45, 2.75) is 18.9 Å². The van der Waals surface area contributed by atoms with E-state index in [2.05, 4.69) is 10.3 Å². The number of nitrogens with one attached hydrogen (secondary N) is 2. The number of aliphatic hydroxyl groups is 1. The number of carbonyl (C=O) groups is 1. The van der Waals surface area contributed by atoms with Crippen LogP contribution in [0.15, 0.2) is 42.5 Å². The SMILES string of the molecule is N#CC(CO)NC(=O)CCc1c(-c2ccc(F)cc2)[nH]c2ccc(F)cc12. The number of halogens is 2. The molecule has 3 rings (SSSR count). The van der Waals surface area contributed by atoms with Gasteiger partial charge in [0.15, 0.2) is 0 Å². The molecule has 0 aliphatic heterocycles. The Balaban J connectivity index is 1.93. The van der Waals surface area contributed by atoms with Crippen molar-refractivity contribution >= 4 is 16.8 Å². The van der Waals surface area contributed by atoms with Crippen LogP contribution in [0.2, 0.25) is 0 Å². The van der Waals surface area contributed by atoms with Gasteiger partial charge in [-0.3, -0.25) is 4.79 Å². The van der Waals surface area contributed by atoms with E-state index in [1.807, 2.05) is 0 Å². The number of benzene rings is 2. The van der Waals surface area contributed by atoms with Crippen molar-refractivity contribution < 1.29 is 18.7 Å². The topological polar surface area (TPSA) is 88.9 Å². The van der Waals surface area contributed by atoms with E-state index in [4.69, 9.17) is 10.4 Å². The molecular weight excluding hydrogens is 352 g/mol. The van der Waals surface area contributed by atoms with E-state index in [1.165, 1.54) is 24.3 Å². The van der Waals surface area contributed by atoms with Crippen LogP contribution in [0.1, 0.15) is 12.0 Å². The molecule has 27 heavy (non-hydrogen) atoms. The fourth-order valence-electron chi connectivity index (χ4n) is 2.97. The second kappa shape index (κ2) is 7.98. The van der Waals surface area contributed by atoms with Gasteiger partial charge in [-0.1, -0.05) is 0 Å². The quantitative estimate of drug-likeness (QED) is 0.624. The molecule has 7 heteroatoms. The number of H-pyrrole nitrogens is 1. The van der Waals surface area contributed by atoms with Gasteiger partial charge in [-0.05, 0) is 60.0 Å². The molecule has 0 fully saturated rings. The Kier molecular flexibility index (Phi) is 5.48. The summed E-state index contributed by atoms with van der Waals surface area (Å²) >= 11 is 0. The molecule has 1 aromatic heterocycles. The maximum Gasteiger partial charge on any atom is 0.221 e. The molecule has 1 amide bonds. The van der Waals surface area contributed by atoms with Crippen molar-refractivity contribution in [1.82, 2.24) is 10.3 Å². The maximum atomic E-state index is 13.7. The summed E-state index contributed by atoms with van der Waals surface area (Å²) in [5.41, 5.74) is 2.83. The minimum absolute atomic E-state index is 0.0514. The van der Waals surface area contributed by atoms with Gasteiger partial charge in [0, 0.05) is 23.0 Å². The van der Waals surface area contributed by atoms with Gasteiger partial charge in [0.25, 0.3) is 0 Å². The number of amides is 1. The van der Waals surface area contributed by atoms with E-state index >= 15 is 0 Å². The number of hydrogen-bond acceptors (Lipinski definition) is 3. The number of aliphatic hydroxyl groups excluding tert-OH is 1. The van der Waals surface area contributed by atoms with Crippen molar-refractivity contribution in [3.63, 3.8) is 0 Å². The maximum absolute atomic E-state index is 13.7. The van der Waals surface area contributed by atoms with Crippen LogP contribution in [0.25, 0.3) is 22.2 Å². The molecule has 0 saturated carbocycles. The van der Waals surface area contributed by atoms with Crippen LogP contribution < -0.4 is 5.32 Å². The molecule has 1 heterocycles. The van der Waals surface area contributed by atoms with Crippen molar-refractivity contribution in [1.29, 1.82) is 5.26 Å². The minimum atomic E-state index is -0.963. The fourth-order valence-corrected chi connectivity index (χ4v) is 2.97. The second-order valence-corrected chi connectivity index (χ2v) is 6.11. The first-order valence-electron chi connectivity index (χ1n) is 8.37. The third-order valence-electron chi connectivity index (χ3n) is 4.28. The number of aryl methyl sites for hydroxylation is 1. The first-order chi connectivity index (χ1) is 13.0. The Morgan fingerprint density at radius 3 is 2.56 bits per heavy atom. The summed E-state index contributed by atoms with van der Waals surface area (Å²) in [7, 11) is 0. The average Bonchev–Trinajstić information content (AvgIpc) is 3.02. The third-order valence-corrected chi connectivity index (χ3v) is 4.28. The van der Waals surface area contributed by atoms with Gasteiger partial charge >= 0.3 is 0 Å². The van der Waals surface area contributed by atoms with E-state index in [-0.39, 0.29) is 18.7 Å². The number of fused-ring (bicyclic) bond motifs is 1. The Morgan fingerprint density at radius 1 is 1.19 bits per heavy atom. The van der Waals surface area contributed by atoms with Gasteiger partial charge in [0.05, 0.1) is 12.7 Å². The number of aromatic nitrogens is 1. The number of carbonyl (C=O) groups excluding carboxylic acids is 1. The smallest absolute Gasteiger partial charge is 0.221 e. The van der Waals surface area contributed by atoms with Gasteiger partial charge < -0.3 is 15.4 Å². The molecule has 1 atom stereocenters. The molecule has 3 N–H and O–H groups in total. The number of rotatable bonds is 6. The summed E-state index contributed by atoms with van der Waals surface area (Å²) in [4.78, 5) is 15.3. The Bertz CT molecular complexity index is 1010. The number of nitrogens with zero attached hydrogens (tertiary/aromatic N) is 1. The lowest BCUT2D eigenvalue weighted by molar-refractivity contribution is -0.121. The van der Waals surface area contributed by atoms with Crippen LogP contribution in [-0.2, 0) is 11.2 Å². The zero-order valence-electron chi connectivity index (χ0n) is 14.3. The van der Waals surface area contributed by atoms with Crippen LogP contribution in [-0.4, -0.2) is 28.6 Å². The summed E-state index contributed by atoms with van der Waals surface area (Å²) in [6.07, 6.45) is 0.335. The first kappa shape index (κ1) is 18.5. The lowest BCUT2D eigenvalue weighted by atomic mass is 10.0. The molecule has 138 valence electrons. The largest absolute Gasteiger partial charge is 0.393 e. The van der Waals surface area contributed by atoms with Crippen LogP contribution in [0.3, 0.4) is 0 Å². The van der Waals surface area contributed by atoms with Gasteiger partial charge in [-0.2, -0.15) is 5.26 Å². The molecule has 0 radical (unpaired) electrons. The average molecular weight is 369 g/mol. The molecule has 1 unspecified atom stereocenters. The highest BCUT2D eigenvalue weighted by Crippen LogP contribution is 2.32. The van der Waals surface area contributed by atoms with Crippen molar-refractivity contribution in [3.8, 4) is 17.3 Å². The molecule has 5 nitrogen and oxygen atoms in total. The van der Waals surface area contributed by atoms with E-state index in [0.29, 0.717) is 22.2 Å². The Labute approximate surface area is 154 Å². The van der Waals surface area contributed by atoms with Gasteiger partial charge in [0.1, 0.15) is 17.7 Å². The zero-order chi connectivity index (χ0) is 19.4. The van der Waals surface area contributed by atoms with Crippen LogP contribution in [0.4, 0.5) is 8.78 Å². The lowest BCUT2D eigenvalue weighted by Gasteiger charge is -2.09. The molecular formula is C20H17F2N3O2. The predicted octanol–water partition coefficient (Wildman–Crippen LogP) is 3.05. The van der Waals surface area contributed by atoms with E-state index in [1.54, 1.807) is 24.3 Å². The van der Waals surface area contributed by atoms with Gasteiger partial charge in [0.2, 0.25) is 5.91 Å². The normalized spacial score (nSPS) is 11.9. The van der Waals surface area contributed by atoms with Crippen LogP contribution >= 0.6 is 0 Å². The molecule has 0 bridgehead atoms. The van der Waals surface area contributed by atoms with Gasteiger partial charge in [-0.15, -0.1) is 0 Å². The summed E-state index contributed by atoms with van der Waals surface area (Å²) in [6, 6.07) is 11.0. The van der Waals surface area contributed by atoms with E-state index in [0.717, 1.165) is 5.56 Å². The monoisotopic (exact) mass is 369 g/mol. The van der Waals surface area contributed by atoms with E-state index in [9.17, 15) is 13.6 Å². The van der Waals surface area contributed by atoms with E-state index < -0.39 is 24.4 Å². The summed E-state index contributed by atoms with van der Waals surface area (Å²) in [6.45, 7) is -0.471. The predicted molar refractivity (Wildman–Crippen MR) is 96.6 cm³/mol. The summed E-state index contributed by atoms with van der Waals surface area (Å²) < 4.78 is 27.0. The Morgan fingerprint density at radius 2 is 1.89 bits per heavy atom. The van der Waals surface area contributed by atoms with Crippen molar-refractivity contribution in [2.75, 3.05) is 6.61 Å². The highest BCUT2D eigenvalue weighted by Gasteiger charge is 2.16. The lowest BCUT2D eigenvalue weighted by Crippen LogP contribution is -2.36. The zero-order valence-corrected chi connectivity index (χ0v) is 14.3. The molecule has 3 aromatic rings. The number of aromatic amines is 1. The molecule has 2 aromatic carbocycles. The molecule has 0 saturated heterocycles. The highest BCUT2D eigenvalue weighted by molar-refractivity contribution is 5.91. The summed E-state index contributed by atoms with van der Waals surface area (Å²) in [5.74, 6) is -1.16. The van der Waals surface area contributed by atoms with Crippen molar-refractivity contribution in [3.05, 3.63) is 59.7 Å². The molecule has 0 spiro atoms. The van der Waals surface area contributed by atoms with Crippen LogP contribution in [0, 0.1) is 23.0 Å².